The zero-order valence-electron chi connectivity index (χ0n) is 19.5. The SMILES string of the molecule is COC(=O)CCc1ccc(C2CC[C@@H](N[C@@H](C)c3cccc4ccccc34)C2)cc1C(F)(F)F. The lowest BCUT2D eigenvalue weighted by molar-refractivity contribution is -0.142. The molecule has 0 amide bonds. The number of carbonyl (C=O) groups excluding carboxylic acids is 1. The molecular weight excluding hydrogens is 439 g/mol. The van der Waals surface area contributed by atoms with Gasteiger partial charge >= 0.3 is 12.1 Å². The summed E-state index contributed by atoms with van der Waals surface area (Å²) in [5.74, 6) is -0.435. The Labute approximate surface area is 198 Å². The van der Waals surface area contributed by atoms with Crippen molar-refractivity contribution in [2.45, 2.75) is 63.2 Å². The number of carbonyl (C=O) groups is 1. The van der Waals surface area contributed by atoms with Crippen LogP contribution in [0.25, 0.3) is 10.8 Å². The van der Waals surface area contributed by atoms with Gasteiger partial charge in [-0.25, -0.2) is 0 Å². The fourth-order valence-electron chi connectivity index (χ4n) is 5.18. The van der Waals surface area contributed by atoms with Crippen molar-refractivity contribution in [1.29, 1.82) is 0 Å². The lowest BCUT2D eigenvalue weighted by Crippen LogP contribution is -2.29. The average molecular weight is 470 g/mol. The van der Waals surface area contributed by atoms with E-state index in [0.29, 0.717) is 0 Å². The van der Waals surface area contributed by atoms with Crippen molar-refractivity contribution in [2.75, 3.05) is 7.11 Å². The maximum atomic E-state index is 13.8. The summed E-state index contributed by atoms with van der Waals surface area (Å²) in [6.45, 7) is 2.15. The first-order valence-corrected chi connectivity index (χ1v) is 11.8. The van der Waals surface area contributed by atoms with Crippen LogP contribution in [0.1, 0.15) is 66.8 Å². The Morgan fingerprint density at radius 2 is 1.85 bits per heavy atom. The molecule has 3 nitrogen and oxygen atoms in total. The number of ether oxygens (including phenoxy) is 1. The van der Waals surface area contributed by atoms with E-state index in [1.165, 1.54) is 35.6 Å². The zero-order valence-corrected chi connectivity index (χ0v) is 19.5. The molecule has 0 aromatic heterocycles. The predicted octanol–water partition coefficient (Wildman–Crippen LogP) is 6.95. The summed E-state index contributed by atoms with van der Waals surface area (Å²) in [7, 11) is 1.24. The molecule has 3 aromatic rings. The number of aryl methyl sites for hydroxylation is 1. The van der Waals surface area contributed by atoms with Crippen LogP contribution in [0.4, 0.5) is 13.2 Å². The molecule has 180 valence electrons. The number of alkyl halides is 3. The summed E-state index contributed by atoms with van der Waals surface area (Å²) in [4.78, 5) is 11.4. The van der Waals surface area contributed by atoms with E-state index in [1.54, 1.807) is 6.07 Å². The van der Waals surface area contributed by atoms with Crippen molar-refractivity contribution in [3.05, 3.63) is 82.9 Å². The Morgan fingerprint density at radius 3 is 2.62 bits per heavy atom. The lowest BCUT2D eigenvalue weighted by Gasteiger charge is -2.22. The first-order chi connectivity index (χ1) is 16.3. The standard InChI is InChI=1S/C28H30F3NO2/c1-18(24-9-5-7-19-6-3-4-8-25(19)24)32-23-14-12-21(16-23)22-11-10-20(13-15-27(33)34-2)26(17-22)28(29,30)31/h3-11,17-18,21,23,32H,12-16H2,1-2H3/t18-,21?,23+/m0/s1. The number of nitrogens with one attached hydrogen (secondary N) is 1. The number of benzene rings is 3. The van der Waals surface area contributed by atoms with Gasteiger partial charge in [0.25, 0.3) is 0 Å². The molecule has 0 heterocycles. The first kappa shape index (κ1) is 24.3. The molecule has 1 saturated carbocycles. The van der Waals surface area contributed by atoms with Gasteiger partial charge in [-0.15, -0.1) is 0 Å². The van der Waals surface area contributed by atoms with Gasteiger partial charge in [0.2, 0.25) is 0 Å². The Bertz CT molecular complexity index is 1150. The van der Waals surface area contributed by atoms with Crippen molar-refractivity contribution < 1.29 is 22.7 Å². The largest absolute Gasteiger partial charge is 0.469 e. The van der Waals surface area contributed by atoms with Gasteiger partial charge < -0.3 is 10.1 Å². The van der Waals surface area contributed by atoms with Gasteiger partial charge in [0.1, 0.15) is 0 Å². The minimum absolute atomic E-state index is 0.0131. The molecule has 4 rings (SSSR count). The van der Waals surface area contributed by atoms with Gasteiger partial charge in [0, 0.05) is 18.5 Å². The van der Waals surface area contributed by atoms with Crippen LogP contribution in [0.3, 0.4) is 0 Å². The maximum absolute atomic E-state index is 13.8. The number of rotatable bonds is 7. The summed E-state index contributed by atoms with van der Waals surface area (Å²) in [6.07, 6.45) is -1.95. The van der Waals surface area contributed by atoms with E-state index in [4.69, 9.17) is 0 Å². The Balaban J connectivity index is 1.46. The van der Waals surface area contributed by atoms with E-state index in [2.05, 4.69) is 47.3 Å². The third-order valence-corrected chi connectivity index (χ3v) is 6.95. The smallest absolute Gasteiger partial charge is 0.416 e. The van der Waals surface area contributed by atoms with E-state index in [1.807, 2.05) is 12.1 Å². The molecule has 0 bridgehead atoms. The Kier molecular flexibility index (Phi) is 7.27. The molecule has 1 aliphatic carbocycles. The molecule has 0 spiro atoms. The van der Waals surface area contributed by atoms with E-state index >= 15 is 0 Å². The van der Waals surface area contributed by atoms with Crippen molar-refractivity contribution >= 4 is 16.7 Å². The van der Waals surface area contributed by atoms with E-state index in [-0.39, 0.29) is 36.4 Å². The molecule has 6 heteroatoms. The number of halogens is 3. The maximum Gasteiger partial charge on any atom is 0.416 e. The van der Waals surface area contributed by atoms with E-state index < -0.39 is 17.7 Å². The number of hydrogen-bond acceptors (Lipinski definition) is 3. The highest BCUT2D eigenvalue weighted by Crippen LogP contribution is 2.40. The van der Waals surface area contributed by atoms with Crippen molar-refractivity contribution in [2.24, 2.45) is 0 Å². The Hall–Kier alpha value is -2.86. The van der Waals surface area contributed by atoms with Gasteiger partial charge in [-0.3, -0.25) is 4.79 Å². The van der Waals surface area contributed by atoms with Crippen LogP contribution in [0.2, 0.25) is 0 Å². The van der Waals surface area contributed by atoms with Gasteiger partial charge in [-0.2, -0.15) is 13.2 Å². The summed E-state index contributed by atoms with van der Waals surface area (Å²) in [5.41, 5.74) is 1.44. The predicted molar refractivity (Wildman–Crippen MR) is 128 cm³/mol. The summed E-state index contributed by atoms with van der Waals surface area (Å²) >= 11 is 0. The number of hydrogen-bond donors (Lipinski definition) is 1. The molecule has 0 radical (unpaired) electrons. The average Bonchev–Trinajstić information content (AvgIpc) is 3.29. The fourth-order valence-corrected chi connectivity index (χ4v) is 5.18. The van der Waals surface area contributed by atoms with Crippen LogP contribution in [0.15, 0.2) is 60.7 Å². The van der Waals surface area contributed by atoms with Crippen molar-refractivity contribution in [1.82, 2.24) is 5.32 Å². The molecule has 1 fully saturated rings. The van der Waals surface area contributed by atoms with Crippen LogP contribution >= 0.6 is 0 Å². The highest BCUT2D eigenvalue weighted by molar-refractivity contribution is 5.86. The second-order valence-corrected chi connectivity index (χ2v) is 9.15. The van der Waals surface area contributed by atoms with Crippen LogP contribution in [0.5, 0.6) is 0 Å². The topological polar surface area (TPSA) is 38.3 Å². The molecule has 34 heavy (non-hydrogen) atoms. The molecule has 3 atom stereocenters. The fraction of sp³-hybridized carbons (Fsp3) is 0.393. The zero-order chi connectivity index (χ0) is 24.3. The third kappa shape index (κ3) is 5.44. The Morgan fingerprint density at radius 1 is 1.09 bits per heavy atom. The highest BCUT2D eigenvalue weighted by Gasteiger charge is 2.35. The van der Waals surface area contributed by atoms with E-state index in [9.17, 15) is 18.0 Å². The molecule has 1 aliphatic rings. The van der Waals surface area contributed by atoms with Gasteiger partial charge in [-0.05, 0) is 72.1 Å². The lowest BCUT2D eigenvalue weighted by atomic mass is 9.92. The first-order valence-electron chi connectivity index (χ1n) is 11.8. The second kappa shape index (κ2) is 10.2. The van der Waals surface area contributed by atoms with Crippen LogP contribution in [-0.4, -0.2) is 19.1 Å². The molecule has 0 aliphatic heterocycles. The van der Waals surface area contributed by atoms with Gasteiger partial charge in [0.05, 0.1) is 12.7 Å². The summed E-state index contributed by atoms with van der Waals surface area (Å²) in [5, 5.41) is 6.13. The van der Waals surface area contributed by atoms with Gasteiger partial charge in [0.15, 0.2) is 0 Å². The molecule has 3 aromatic carbocycles. The molecule has 0 saturated heterocycles. The van der Waals surface area contributed by atoms with Crippen LogP contribution in [-0.2, 0) is 22.1 Å². The summed E-state index contributed by atoms with van der Waals surface area (Å²) in [6, 6.07) is 19.6. The van der Waals surface area contributed by atoms with Crippen LogP contribution < -0.4 is 5.32 Å². The number of fused-ring (bicyclic) bond motifs is 1. The minimum Gasteiger partial charge on any atom is -0.469 e. The molecule has 1 N–H and O–H groups in total. The second-order valence-electron chi connectivity index (χ2n) is 9.15. The van der Waals surface area contributed by atoms with Gasteiger partial charge in [-0.1, -0.05) is 54.6 Å². The monoisotopic (exact) mass is 469 g/mol. The van der Waals surface area contributed by atoms with Crippen LogP contribution in [0, 0.1) is 0 Å². The third-order valence-electron chi connectivity index (χ3n) is 6.95. The van der Waals surface area contributed by atoms with Crippen molar-refractivity contribution in [3.63, 3.8) is 0 Å². The molecular formula is C28H30F3NO2. The number of methoxy groups -OCH3 is 1. The number of esters is 1. The normalized spacial score (nSPS) is 19.3. The highest BCUT2D eigenvalue weighted by atomic mass is 19.4. The van der Waals surface area contributed by atoms with E-state index in [0.717, 1.165) is 24.8 Å². The molecule has 1 unspecified atom stereocenters. The summed E-state index contributed by atoms with van der Waals surface area (Å²) < 4.78 is 45.8. The minimum atomic E-state index is -4.46. The van der Waals surface area contributed by atoms with Crippen molar-refractivity contribution in [3.8, 4) is 0 Å². The quantitative estimate of drug-likeness (QED) is 0.381.